The standard InChI is InChI=1S/C21H28FNO2S/c1-4-6-7-8-19(5-2)25-21(24)23(3)20-17(13-14-26-20)15-16-9-11-18(22)12-10-16/h9-14,19H,4-8,15H2,1-3H3. The molecular formula is C21H28FNO2S. The summed E-state index contributed by atoms with van der Waals surface area (Å²) in [5, 5.41) is 2.85. The zero-order chi connectivity index (χ0) is 18.9. The number of hydrogen-bond acceptors (Lipinski definition) is 3. The van der Waals surface area contributed by atoms with Crippen LogP contribution in [-0.2, 0) is 11.2 Å². The fourth-order valence-corrected chi connectivity index (χ4v) is 3.74. The van der Waals surface area contributed by atoms with Gasteiger partial charge in [-0.2, -0.15) is 0 Å². The maximum atomic E-state index is 13.1. The molecule has 1 unspecified atom stereocenters. The van der Waals surface area contributed by atoms with Crippen LogP contribution in [0.15, 0.2) is 35.7 Å². The number of carbonyl (C=O) groups excluding carboxylic acids is 1. The summed E-state index contributed by atoms with van der Waals surface area (Å²) in [5.41, 5.74) is 2.05. The van der Waals surface area contributed by atoms with Gasteiger partial charge in [-0.15, -0.1) is 11.3 Å². The van der Waals surface area contributed by atoms with E-state index in [9.17, 15) is 9.18 Å². The molecule has 1 heterocycles. The maximum Gasteiger partial charge on any atom is 0.414 e. The molecule has 0 aliphatic rings. The lowest BCUT2D eigenvalue weighted by Crippen LogP contribution is -2.31. The van der Waals surface area contributed by atoms with Gasteiger partial charge in [-0.3, -0.25) is 4.90 Å². The van der Waals surface area contributed by atoms with Crippen molar-refractivity contribution in [2.45, 2.75) is 58.5 Å². The van der Waals surface area contributed by atoms with Crippen LogP contribution >= 0.6 is 11.3 Å². The average molecular weight is 378 g/mol. The Hall–Kier alpha value is -1.88. The fourth-order valence-electron chi connectivity index (χ4n) is 2.85. The molecule has 0 fully saturated rings. The summed E-state index contributed by atoms with van der Waals surface area (Å²) < 4.78 is 18.8. The Balaban J connectivity index is 2.00. The number of unbranched alkanes of at least 4 members (excludes halogenated alkanes) is 2. The number of thiophene rings is 1. The van der Waals surface area contributed by atoms with E-state index in [1.54, 1.807) is 24.1 Å². The Labute approximate surface area is 159 Å². The summed E-state index contributed by atoms with van der Waals surface area (Å²) in [6, 6.07) is 8.47. The second kappa shape index (κ2) is 10.3. The van der Waals surface area contributed by atoms with Crippen LogP contribution < -0.4 is 4.90 Å². The topological polar surface area (TPSA) is 29.5 Å². The van der Waals surface area contributed by atoms with Crippen molar-refractivity contribution in [2.75, 3.05) is 11.9 Å². The lowest BCUT2D eigenvalue weighted by atomic mass is 10.1. The zero-order valence-corrected chi connectivity index (χ0v) is 16.7. The van der Waals surface area contributed by atoms with Gasteiger partial charge in [-0.05, 0) is 54.0 Å². The van der Waals surface area contributed by atoms with Crippen LogP contribution in [0.5, 0.6) is 0 Å². The Morgan fingerprint density at radius 1 is 1.19 bits per heavy atom. The normalized spacial score (nSPS) is 12.0. The monoisotopic (exact) mass is 377 g/mol. The highest BCUT2D eigenvalue weighted by Crippen LogP contribution is 2.30. The molecule has 0 radical (unpaired) electrons. The highest BCUT2D eigenvalue weighted by atomic mass is 32.1. The lowest BCUT2D eigenvalue weighted by Gasteiger charge is -2.22. The van der Waals surface area contributed by atoms with Crippen molar-refractivity contribution in [1.29, 1.82) is 0 Å². The number of nitrogens with zero attached hydrogens (tertiary/aromatic N) is 1. The fraction of sp³-hybridized carbons (Fsp3) is 0.476. The van der Waals surface area contributed by atoms with Crippen LogP contribution in [0.1, 0.15) is 57.1 Å². The van der Waals surface area contributed by atoms with Gasteiger partial charge >= 0.3 is 6.09 Å². The maximum absolute atomic E-state index is 13.1. The molecule has 0 bridgehead atoms. The smallest absolute Gasteiger partial charge is 0.414 e. The molecule has 2 aromatic rings. The Morgan fingerprint density at radius 2 is 1.92 bits per heavy atom. The Morgan fingerprint density at radius 3 is 2.58 bits per heavy atom. The van der Waals surface area contributed by atoms with Crippen molar-refractivity contribution in [3.63, 3.8) is 0 Å². The molecule has 5 heteroatoms. The minimum absolute atomic E-state index is 0.0305. The first-order valence-corrected chi connectivity index (χ1v) is 10.2. The highest BCUT2D eigenvalue weighted by Gasteiger charge is 2.20. The first-order chi connectivity index (χ1) is 12.5. The van der Waals surface area contributed by atoms with E-state index >= 15 is 0 Å². The molecule has 1 aromatic heterocycles. The number of hydrogen-bond donors (Lipinski definition) is 0. The quantitative estimate of drug-likeness (QED) is 0.473. The number of amides is 1. The van der Waals surface area contributed by atoms with E-state index in [-0.39, 0.29) is 18.0 Å². The highest BCUT2D eigenvalue weighted by molar-refractivity contribution is 7.14. The second-order valence-electron chi connectivity index (χ2n) is 6.52. The Bertz CT molecular complexity index is 684. The van der Waals surface area contributed by atoms with Gasteiger partial charge in [0.2, 0.25) is 0 Å². The lowest BCUT2D eigenvalue weighted by molar-refractivity contribution is 0.0958. The van der Waals surface area contributed by atoms with Crippen LogP contribution in [-0.4, -0.2) is 19.2 Å². The summed E-state index contributed by atoms with van der Waals surface area (Å²) in [6.07, 6.45) is 5.47. The van der Waals surface area contributed by atoms with E-state index in [2.05, 4.69) is 13.8 Å². The van der Waals surface area contributed by atoms with E-state index in [4.69, 9.17) is 4.74 Å². The predicted octanol–water partition coefficient (Wildman–Crippen LogP) is 6.41. The Kier molecular flexibility index (Phi) is 8.10. The van der Waals surface area contributed by atoms with Crippen LogP contribution in [0.25, 0.3) is 0 Å². The van der Waals surface area contributed by atoms with E-state index in [0.29, 0.717) is 6.42 Å². The largest absolute Gasteiger partial charge is 0.446 e. The van der Waals surface area contributed by atoms with Crippen LogP contribution in [0.4, 0.5) is 14.2 Å². The third-order valence-corrected chi connectivity index (χ3v) is 5.49. The zero-order valence-electron chi connectivity index (χ0n) is 15.8. The van der Waals surface area contributed by atoms with E-state index in [1.807, 2.05) is 11.4 Å². The van der Waals surface area contributed by atoms with E-state index in [0.717, 1.165) is 48.2 Å². The minimum atomic E-state index is -0.309. The first kappa shape index (κ1) is 20.4. The van der Waals surface area contributed by atoms with Crippen molar-refractivity contribution in [3.05, 3.63) is 52.7 Å². The second-order valence-corrected chi connectivity index (χ2v) is 7.42. The van der Waals surface area contributed by atoms with Gasteiger partial charge in [-0.1, -0.05) is 38.8 Å². The van der Waals surface area contributed by atoms with Gasteiger partial charge in [0, 0.05) is 13.5 Å². The molecule has 0 saturated carbocycles. The molecule has 0 saturated heterocycles. The molecule has 0 spiro atoms. The molecule has 1 aromatic carbocycles. The molecule has 0 aliphatic heterocycles. The molecule has 3 nitrogen and oxygen atoms in total. The van der Waals surface area contributed by atoms with Crippen molar-refractivity contribution in [1.82, 2.24) is 0 Å². The third-order valence-electron chi connectivity index (χ3n) is 4.46. The van der Waals surface area contributed by atoms with Gasteiger partial charge in [0.25, 0.3) is 0 Å². The third kappa shape index (κ3) is 5.84. The molecule has 1 atom stereocenters. The van der Waals surface area contributed by atoms with Crippen LogP contribution in [0, 0.1) is 5.82 Å². The predicted molar refractivity (Wildman–Crippen MR) is 107 cm³/mol. The molecule has 2 rings (SSSR count). The number of anilines is 1. The van der Waals surface area contributed by atoms with Crippen molar-refractivity contribution in [3.8, 4) is 0 Å². The SMILES string of the molecule is CCCCCC(CC)OC(=O)N(C)c1sccc1Cc1ccc(F)cc1. The van der Waals surface area contributed by atoms with Gasteiger partial charge in [-0.25, -0.2) is 9.18 Å². The van der Waals surface area contributed by atoms with Crippen LogP contribution in [0.3, 0.4) is 0 Å². The summed E-state index contributed by atoms with van der Waals surface area (Å²) >= 11 is 1.52. The molecule has 1 amide bonds. The van der Waals surface area contributed by atoms with E-state index in [1.165, 1.54) is 23.5 Å². The summed E-state index contributed by atoms with van der Waals surface area (Å²) in [7, 11) is 1.75. The number of carbonyl (C=O) groups is 1. The molecule has 0 N–H and O–H groups in total. The van der Waals surface area contributed by atoms with Gasteiger partial charge in [0.05, 0.1) is 0 Å². The van der Waals surface area contributed by atoms with E-state index < -0.39 is 0 Å². The minimum Gasteiger partial charge on any atom is -0.446 e. The van der Waals surface area contributed by atoms with Crippen LogP contribution in [0.2, 0.25) is 0 Å². The average Bonchev–Trinajstić information content (AvgIpc) is 3.10. The van der Waals surface area contributed by atoms with Gasteiger partial charge < -0.3 is 4.74 Å². The summed E-state index contributed by atoms with van der Waals surface area (Å²) in [5.74, 6) is -0.242. The summed E-state index contributed by atoms with van der Waals surface area (Å²) in [4.78, 5) is 14.1. The van der Waals surface area contributed by atoms with Crippen molar-refractivity contribution >= 4 is 22.4 Å². The first-order valence-electron chi connectivity index (χ1n) is 9.30. The number of benzene rings is 1. The van der Waals surface area contributed by atoms with Crippen molar-refractivity contribution < 1.29 is 13.9 Å². The molecule has 0 aliphatic carbocycles. The summed E-state index contributed by atoms with van der Waals surface area (Å²) in [6.45, 7) is 4.22. The molecular weight excluding hydrogens is 349 g/mol. The number of ether oxygens (including phenoxy) is 1. The van der Waals surface area contributed by atoms with Gasteiger partial charge in [0.1, 0.15) is 16.9 Å². The molecule has 26 heavy (non-hydrogen) atoms. The van der Waals surface area contributed by atoms with Gasteiger partial charge in [0.15, 0.2) is 0 Å². The number of halogens is 1. The molecule has 142 valence electrons. The number of rotatable bonds is 9. The van der Waals surface area contributed by atoms with Crippen molar-refractivity contribution in [2.24, 2.45) is 0 Å².